The van der Waals surface area contributed by atoms with E-state index in [1.807, 2.05) is 0 Å². The number of hydrogen-bond donors (Lipinski definition) is 2. The summed E-state index contributed by atoms with van der Waals surface area (Å²) in [6.07, 6.45) is 0. The van der Waals surface area contributed by atoms with Crippen molar-refractivity contribution in [3.05, 3.63) is 87.9 Å². The molecule has 0 saturated carbocycles. The van der Waals surface area contributed by atoms with Crippen molar-refractivity contribution in [2.75, 3.05) is 10.0 Å². The molecule has 10 heteroatoms. The molecule has 150 valence electrons. The van der Waals surface area contributed by atoms with E-state index in [4.69, 9.17) is 23.2 Å². The predicted octanol–water partition coefficient (Wildman–Crippen LogP) is 5.32. The first-order valence-electron chi connectivity index (χ1n) is 8.00. The number of amides is 1. The number of benzene rings is 3. The zero-order chi connectivity index (χ0) is 21.2. The van der Waals surface area contributed by atoms with Crippen LogP contribution in [0.2, 0.25) is 10.0 Å². The fourth-order valence-corrected chi connectivity index (χ4v) is 3.69. The highest BCUT2D eigenvalue weighted by atomic mass is 35.5. The lowest BCUT2D eigenvalue weighted by Crippen LogP contribution is -2.14. The van der Waals surface area contributed by atoms with Gasteiger partial charge in [0.25, 0.3) is 15.9 Å². The zero-order valence-electron chi connectivity index (χ0n) is 14.4. The summed E-state index contributed by atoms with van der Waals surface area (Å²) in [5, 5.41) is 3.27. The Morgan fingerprint density at radius 3 is 2.07 bits per heavy atom. The summed E-state index contributed by atoms with van der Waals surface area (Å²) in [6, 6.07) is 12.4. The third kappa shape index (κ3) is 5.03. The Morgan fingerprint density at radius 1 is 0.793 bits per heavy atom. The van der Waals surface area contributed by atoms with Crippen LogP contribution in [0.25, 0.3) is 0 Å². The number of hydrogen-bond acceptors (Lipinski definition) is 3. The summed E-state index contributed by atoms with van der Waals surface area (Å²) in [4.78, 5) is 11.9. The molecule has 0 aliphatic heterocycles. The maximum Gasteiger partial charge on any atom is 0.261 e. The Bertz CT molecular complexity index is 1190. The number of sulfonamides is 1. The van der Waals surface area contributed by atoms with Crippen LogP contribution in [0.3, 0.4) is 0 Å². The fraction of sp³-hybridized carbons (Fsp3) is 0. The second-order valence-electron chi connectivity index (χ2n) is 5.84. The van der Waals surface area contributed by atoms with Crippen molar-refractivity contribution in [1.29, 1.82) is 0 Å². The van der Waals surface area contributed by atoms with Crippen molar-refractivity contribution in [1.82, 2.24) is 0 Å². The van der Waals surface area contributed by atoms with E-state index in [0.29, 0.717) is 16.8 Å². The normalized spacial score (nSPS) is 11.2. The molecule has 0 aromatic heterocycles. The van der Waals surface area contributed by atoms with E-state index in [2.05, 4.69) is 10.0 Å². The smallest absolute Gasteiger partial charge is 0.261 e. The van der Waals surface area contributed by atoms with E-state index >= 15 is 0 Å². The topological polar surface area (TPSA) is 75.3 Å². The molecule has 0 heterocycles. The van der Waals surface area contributed by atoms with Gasteiger partial charge in [-0.25, -0.2) is 17.2 Å². The van der Waals surface area contributed by atoms with Crippen LogP contribution in [0.15, 0.2) is 65.6 Å². The molecule has 0 radical (unpaired) electrons. The van der Waals surface area contributed by atoms with Crippen LogP contribution >= 0.6 is 23.2 Å². The molecule has 3 aromatic rings. The predicted molar refractivity (Wildman–Crippen MR) is 108 cm³/mol. The number of nitrogens with one attached hydrogen (secondary N) is 2. The Balaban J connectivity index is 1.73. The van der Waals surface area contributed by atoms with E-state index in [0.717, 1.165) is 12.1 Å². The second kappa shape index (κ2) is 8.36. The Hall–Kier alpha value is -2.68. The molecule has 0 spiro atoms. The highest BCUT2D eigenvalue weighted by Crippen LogP contribution is 2.25. The summed E-state index contributed by atoms with van der Waals surface area (Å²) < 4.78 is 53.1. The van der Waals surface area contributed by atoms with Gasteiger partial charge in [-0.2, -0.15) is 0 Å². The van der Waals surface area contributed by atoms with Crippen molar-refractivity contribution in [2.45, 2.75) is 4.90 Å². The molecule has 0 bridgehead atoms. The van der Waals surface area contributed by atoms with Gasteiger partial charge in [-0.1, -0.05) is 23.2 Å². The van der Waals surface area contributed by atoms with Crippen LogP contribution in [0.4, 0.5) is 20.2 Å². The van der Waals surface area contributed by atoms with Crippen molar-refractivity contribution < 1.29 is 22.0 Å². The lowest BCUT2D eigenvalue weighted by molar-refractivity contribution is 0.102. The molecular weight excluding hydrogens is 445 g/mol. The van der Waals surface area contributed by atoms with E-state index in [9.17, 15) is 22.0 Å². The summed E-state index contributed by atoms with van der Waals surface area (Å²) in [6.45, 7) is 0. The molecule has 3 aromatic carbocycles. The van der Waals surface area contributed by atoms with Crippen molar-refractivity contribution >= 4 is 50.5 Å². The average molecular weight is 457 g/mol. The van der Waals surface area contributed by atoms with Gasteiger partial charge in [0.15, 0.2) is 11.6 Å². The maximum atomic E-state index is 13.3. The van der Waals surface area contributed by atoms with Crippen LogP contribution in [0, 0.1) is 11.6 Å². The van der Waals surface area contributed by atoms with Gasteiger partial charge in [0.05, 0.1) is 14.9 Å². The Labute approximate surface area is 175 Å². The van der Waals surface area contributed by atoms with Crippen LogP contribution < -0.4 is 10.0 Å². The molecule has 0 saturated heterocycles. The molecule has 2 N–H and O–H groups in total. The molecule has 3 rings (SSSR count). The van der Waals surface area contributed by atoms with E-state index < -0.39 is 32.5 Å². The lowest BCUT2D eigenvalue weighted by atomic mass is 10.2. The minimum atomic E-state index is -4.13. The zero-order valence-corrected chi connectivity index (χ0v) is 16.7. The minimum Gasteiger partial charge on any atom is -0.322 e. The highest BCUT2D eigenvalue weighted by Gasteiger charge is 2.17. The first kappa shape index (κ1) is 21.0. The first-order chi connectivity index (χ1) is 13.7. The number of anilines is 2. The van der Waals surface area contributed by atoms with Gasteiger partial charge in [0.2, 0.25) is 0 Å². The van der Waals surface area contributed by atoms with Gasteiger partial charge in [-0.3, -0.25) is 9.52 Å². The monoisotopic (exact) mass is 456 g/mol. The van der Waals surface area contributed by atoms with Crippen molar-refractivity contribution in [2.24, 2.45) is 0 Å². The molecule has 0 atom stereocenters. The quantitative estimate of drug-likeness (QED) is 0.544. The van der Waals surface area contributed by atoms with Crippen LogP contribution in [0.1, 0.15) is 10.4 Å². The highest BCUT2D eigenvalue weighted by molar-refractivity contribution is 7.92. The second-order valence-corrected chi connectivity index (χ2v) is 8.34. The molecule has 29 heavy (non-hydrogen) atoms. The Morgan fingerprint density at radius 2 is 1.45 bits per heavy atom. The van der Waals surface area contributed by atoms with Gasteiger partial charge < -0.3 is 5.32 Å². The van der Waals surface area contributed by atoms with Crippen molar-refractivity contribution in [3.63, 3.8) is 0 Å². The summed E-state index contributed by atoms with van der Waals surface area (Å²) in [5.41, 5.74) is 0.834. The number of carbonyl (C=O) groups is 1. The number of halogens is 4. The maximum absolute atomic E-state index is 13.3. The number of carbonyl (C=O) groups excluding carboxylic acids is 1. The SMILES string of the molecule is O=C(Nc1ccc(Cl)c(Cl)c1)c1ccc(NS(=O)(=O)c2ccc(F)c(F)c2)cc1. The van der Waals surface area contributed by atoms with Gasteiger partial charge in [-0.15, -0.1) is 0 Å². The summed E-state index contributed by atoms with van der Waals surface area (Å²) in [7, 11) is -4.13. The van der Waals surface area contributed by atoms with Crippen LogP contribution in [-0.2, 0) is 10.0 Å². The third-order valence-electron chi connectivity index (χ3n) is 3.78. The Kier molecular flexibility index (Phi) is 6.07. The van der Waals surface area contributed by atoms with Gasteiger partial charge in [0, 0.05) is 16.9 Å². The fourth-order valence-electron chi connectivity index (χ4n) is 2.32. The van der Waals surface area contributed by atoms with Crippen LogP contribution in [-0.4, -0.2) is 14.3 Å². The molecular formula is C19H12Cl2F2N2O3S. The largest absolute Gasteiger partial charge is 0.322 e. The van der Waals surface area contributed by atoms with Gasteiger partial charge >= 0.3 is 0 Å². The third-order valence-corrected chi connectivity index (χ3v) is 5.90. The molecule has 0 fully saturated rings. The van der Waals surface area contributed by atoms with E-state index in [1.54, 1.807) is 6.07 Å². The lowest BCUT2D eigenvalue weighted by Gasteiger charge is -2.10. The standard InChI is InChI=1S/C19H12Cl2F2N2O3S/c20-15-7-5-13(9-16(15)21)24-19(26)11-1-3-12(4-2-11)25-29(27,28)14-6-8-17(22)18(23)10-14/h1-10,25H,(H,24,26). The molecule has 5 nitrogen and oxygen atoms in total. The number of rotatable bonds is 5. The summed E-state index contributed by atoms with van der Waals surface area (Å²) >= 11 is 11.7. The van der Waals surface area contributed by atoms with Crippen LogP contribution in [0.5, 0.6) is 0 Å². The van der Waals surface area contributed by atoms with Gasteiger partial charge in [-0.05, 0) is 60.7 Å². The molecule has 0 aliphatic rings. The summed E-state index contributed by atoms with van der Waals surface area (Å²) in [5.74, 6) is -2.87. The minimum absolute atomic E-state index is 0.140. The first-order valence-corrected chi connectivity index (χ1v) is 10.2. The van der Waals surface area contributed by atoms with E-state index in [1.165, 1.54) is 36.4 Å². The molecule has 0 unspecified atom stereocenters. The van der Waals surface area contributed by atoms with Gasteiger partial charge in [0.1, 0.15) is 0 Å². The van der Waals surface area contributed by atoms with E-state index in [-0.39, 0.29) is 16.3 Å². The van der Waals surface area contributed by atoms with Crippen molar-refractivity contribution in [3.8, 4) is 0 Å². The molecule has 0 aliphatic carbocycles. The molecule has 1 amide bonds. The average Bonchev–Trinajstić information content (AvgIpc) is 2.67.